The number of hydrogen-bond acceptors (Lipinski definition) is 4. The van der Waals surface area contributed by atoms with E-state index < -0.39 is 0 Å². The van der Waals surface area contributed by atoms with Crippen molar-refractivity contribution in [2.24, 2.45) is 0 Å². The molecule has 0 saturated heterocycles. The smallest absolute Gasteiger partial charge is 0.233 e. The fraction of sp³-hybridized carbons (Fsp3) is 0.600. The van der Waals surface area contributed by atoms with Crippen molar-refractivity contribution in [3.8, 4) is 5.88 Å². The Balaban J connectivity index is 2.74. The van der Waals surface area contributed by atoms with E-state index in [2.05, 4.69) is 38.1 Å². The highest BCUT2D eigenvalue weighted by atomic mass is 79.9. The molecule has 0 aliphatic carbocycles. The van der Waals surface area contributed by atoms with Crippen LogP contribution in [0.1, 0.15) is 26.7 Å². The van der Waals surface area contributed by atoms with Gasteiger partial charge in [0.2, 0.25) is 11.8 Å². The van der Waals surface area contributed by atoms with Gasteiger partial charge in [-0.3, -0.25) is 0 Å². The molecule has 1 rings (SSSR count). The number of hydrogen-bond donors (Lipinski definition) is 1. The highest BCUT2D eigenvalue weighted by Crippen LogP contribution is 2.24. The Hall–Kier alpha value is -0.840. The molecule has 0 saturated carbocycles. The van der Waals surface area contributed by atoms with E-state index in [1.54, 1.807) is 13.2 Å². The minimum Gasteiger partial charge on any atom is -0.474 e. The van der Waals surface area contributed by atoms with Crippen molar-refractivity contribution in [2.75, 3.05) is 12.4 Å². The van der Waals surface area contributed by atoms with Crippen LogP contribution in [0.15, 0.2) is 10.7 Å². The van der Waals surface area contributed by atoms with E-state index in [1.807, 2.05) is 6.92 Å². The molecule has 1 unspecified atom stereocenters. The lowest BCUT2D eigenvalue weighted by Crippen LogP contribution is -2.13. The third-order valence-corrected chi connectivity index (χ3v) is 2.49. The van der Waals surface area contributed by atoms with Crippen molar-refractivity contribution in [3.63, 3.8) is 0 Å². The van der Waals surface area contributed by atoms with E-state index >= 15 is 0 Å². The van der Waals surface area contributed by atoms with Crippen LogP contribution in [0.5, 0.6) is 5.88 Å². The zero-order valence-corrected chi connectivity index (χ0v) is 10.8. The molecular formula is C10H16BrN3O. The average molecular weight is 274 g/mol. The fourth-order valence-corrected chi connectivity index (χ4v) is 1.50. The molecule has 1 aromatic rings. The summed E-state index contributed by atoms with van der Waals surface area (Å²) in [6.07, 6.45) is 3.98. The minimum absolute atomic E-state index is 0.172. The first-order valence-corrected chi connectivity index (χ1v) is 5.83. The van der Waals surface area contributed by atoms with Crippen molar-refractivity contribution < 1.29 is 4.74 Å². The maximum Gasteiger partial charge on any atom is 0.233 e. The number of nitrogens with one attached hydrogen (secondary N) is 1. The van der Waals surface area contributed by atoms with Crippen LogP contribution in [0.2, 0.25) is 0 Å². The molecule has 84 valence electrons. The van der Waals surface area contributed by atoms with Gasteiger partial charge in [0.15, 0.2) is 0 Å². The van der Waals surface area contributed by atoms with Crippen molar-refractivity contribution in [1.29, 1.82) is 0 Å². The topological polar surface area (TPSA) is 47.0 Å². The molecule has 1 N–H and O–H groups in total. The van der Waals surface area contributed by atoms with Gasteiger partial charge in [-0.15, -0.1) is 0 Å². The molecule has 0 aromatic carbocycles. The fourth-order valence-electron chi connectivity index (χ4n) is 1.21. The first kappa shape index (κ1) is 12.2. The molecule has 0 aliphatic rings. The lowest BCUT2D eigenvalue weighted by atomic mass is 10.2. The predicted molar refractivity (Wildman–Crippen MR) is 64.3 cm³/mol. The highest BCUT2D eigenvalue weighted by Gasteiger charge is 2.09. The van der Waals surface area contributed by atoms with Crippen LogP contribution in [0.25, 0.3) is 0 Å². The third kappa shape index (κ3) is 3.66. The summed E-state index contributed by atoms with van der Waals surface area (Å²) in [6, 6.07) is 0. The Kier molecular flexibility index (Phi) is 4.81. The molecule has 0 bridgehead atoms. The average Bonchev–Trinajstić information content (AvgIpc) is 2.21. The molecule has 1 atom stereocenters. The summed E-state index contributed by atoms with van der Waals surface area (Å²) in [7, 11) is 1.78. The lowest BCUT2D eigenvalue weighted by molar-refractivity contribution is 0.200. The van der Waals surface area contributed by atoms with Crippen molar-refractivity contribution in [3.05, 3.63) is 10.7 Å². The molecule has 0 spiro atoms. The first-order valence-electron chi connectivity index (χ1n) is 5.04. The summed E-state index contributed by atoms with van der Waals surface area (Å²) >= 11 is 3.36. The Morgan fingerprint density at radius 2 is 2.33 bits per heavy atom. The quantitative estimate of drug-likeness (QED) is 0.896. The van der Waals surface area contributed by atoms with Crippen molar-refractivity contribution in [1.82, 2.24) is 9.97 Å². The lowest BCUT2D eigenvalue weighted by Gasteiger charge is -2.14. The SMILES string of the molecule is CCCC(C)Oc1nc(NC)ncc1Br. The second-order valence-electron chi connectivity index (χ2n) is 3.31. The van der Waals surface area contributed by atoms with Gasteiger partial charge in [0.25, 0.3) is 0 Å². The maximum atomic E-state index is 5.69. The number of ether oxygens (including phenoxy) is 1. The Labute approximate surface area is 98.6 Å². The standard InChI is InChI=1S/C10H16BrN3O/c1-4-5-7(2)15-9-8(11)6-13-10(12-3)14-9/h6-7H,4-5H2,1-3H3,(H,12,13,14). The van der Waals surface area contributed by atoms with Gasteiger partial charge in [0.05, 0.1) is 16.8 Å². The van der Waals surface area contributed by atoms with E-state index in [-0.39, 0.29) is 6.10 Å². The summed E-state index contributed by atoms with van der Waals surface area (Å²) < 4.78 is 6.47. The highest BCUT2D eigenvalue weighted by molar-refractivity contribution is 9.10. The zero-order valence-electron chi connectivity index (χ0n) is 9.25. The van der Waals surface area contributed by atoms with Gasteiger partial charge in [-0.1, -0.05) is 13.3 Å². The van der Waals surface area contributed by atoms with Crippen LogP contribution in [-0.2, 0) is 0 Å². The summed E-state index contributed by atoms with van der Waals surface area (Å²) in [5.74, 6) is 1.16. The number of rotatable bonds is 5. The van der Waals surface area contributed by atoms with Gasteiger partial charge >= 0.3 is 0 Å². The van der Waals surface area contributed by atoms with Gasteiger partial charge in [0.1, 0.15) is 0 Å². The largest absolute Gasteiger partial charge is 0.474 e. The Bertz CT molecular complexity index is 320. The molecule has 4 nitrogen and oxygen atoms in total. The number of anilines is 1. The van der Waals surface area contributed by atoms with Gasteiger partial charge in [0, 0.05) is 7.05 Å². The van der Waals surface area contributed by atoms with Crippen LogP contribution in [0, 0.1) is 0 Å². The molecule has 15 heavy (non-hydrogen) atoms. The monoisotopic (exact) mass is 273 g/mol. The summed E-state index contributed by atoms with van der Waals surface area (Å²) in [4.78, 5) is 8.28. The van der Waals surface area contributed by atoms with Gasteiger partial charge in [-0.25, -0.2) is 4.98 Å². The van der Waals surface area contributed by atoms with Crippen LogP contribution < -0.4 is 10.1 Å². The Morgan fingerprint density at radius 3 is 2.93 bits per heavy atom. The summed E-state index contributed by atoms with van der Waals surface area (Å²) in [5.41, 5.74) is 0. The number of halogens is 1. The van der Waals surface area contributed by atoms with E-state index in [0.29, 0.717) is 11.8 Å². The van der Waals surface area contributed by atoms with Gasteiger partial charge < -0.3 is 10.1 Å². The second kappa shape index (κ2) is 5.90. The molecule has 5 heteroatoms. The normalized spacial score (nSPS) is 12.3. The summed E-state index contributed by atoms with van der Waals surface area (Å²) in [6.45, 7) is 4.17. The predicted octanol–water partition coefficient (Wildman–Crippen LogP) is 2.85. The molecular weight excluding hydrogens is 258 g/mol. The molecule has 1 aromatic heterocycles. The summed E-state index contributed by atoms with van der Waals surface area (Å²) in [5, 5.41) is 2.88. The van der Waals surface area contributed by atoms with E-state index in [0.717, 1.165) is 17.3 Å². The first-order chi connectivity index (χ1) is 7.17. The zero-order chi connectivity index (χ0) is 11.3. The maximum absolute atomic E-state index is 5.69. The van der Waals surface area contributed by atoms with Crippen LogP contribution in [0.3, 0.4) is 0 Å². The second-order valence-corrected chi connectivity index (χ2v) is 4.17. The molecule has 0 aliphatic heterocycles. The van der Waals surface area contributed by atoms with Gasteiger partial charge in [-0.05, 0) is 29.3 Å². The molecule has 0 amide bonds. The van der Waals surface area contributed by atoms with Crippen molar-refractivity contribution in [2.45, 2.75) is 32.8 Å². The molecule has 0 radical (unpaired) electrons. The molecule has 0 fully saturated rings. The number of aromatic nitrogens is 2. The minimum atomic E-state index is 0.172. The third-order valence-electron chi connectivity index (χ3n) is 1.94. The van der Waals surface area contributed by atoms with Crippen LogP contribution in [-0.4, -0.2) is 23.1 Å². The van der Waals surface area contributed by atoms with E-state index in [1.165, 1.54) is 0 Å². The Morgan fingerprint density at radius 1 is 1.60 bits per heavy atom. The number of nitrogens with zero attached hydrogens (tertiary/aromatic N) is 2. The van der Waals surface area contributed by atoms with E-state index in [4.69, 9.17) is 4.74 Å². The van der Waals surface area contributed by atoms with Crippen molar-refractivity contribution >= 4 is 21.9 Å². The van der Waals surface area contributed by atoms with E-state index in [9.17, 15) is 0 Å². The van der Waals surface area contributed by atoms with Crippen LogP contribution >= 0.6 is 15.9 Å². The van der Waals surface area contributed by atoms with Gasteiger partial charge in [-0.2, -0.15) is 4.98 Å². The van der Waals surface area contributed by atoms with Crippen LogP contribution in [0.4, 0.5) is 5.95 Å². The molecule has 1 heterocycles.